The van der Waals surface area contributed by atoms with Crippen molar-refractivity contribution in [2.24, 2.45) is 5.92 Å². The average Bonchev–Trinajstić information content (AvgIpc) is 3.08. The van der Waals surface area contributed by atoms with E-state index in [0.29, 0.717) is 22.5 Å². The maximum atomic E-state index is 12.8. The molecular weight excluding hydrogens is 360 g/mol. The molecule has 0 saturated carbocycles. The van der Waals surface area contributed by atoms with Crippen LogP contribution in [0.3, 0.4) is 0 Å². The molecule has 3 aromatic rings. The van der Waals surface area contributed by atoms with E-state index in [4.69, 9.17) is 11.6 Å². The van der Waals surface area contributed by atoms with E-state index < -0.39 is 10.0 Å². The van der Waals surface area contributed by atoms with Crippen LogP contribution in [0.4, 0.5) is 0 Å². The first-order valence-electron chi connectivity index (χ1n) is 8.07. The first kappa shape index (κ1) is 16.5. The Bertz CT molecular complexity index is 1030. The Labute approximate surface area is 150 Å². The zero-order chi connectivity index (χ0) is 17.4. The minimum Gasteiger partial charge on any atom is -0.335 e. The molecule has 0 unspecified atom stereocenters. The van der Waals surface area contributed by atoms with E-state index in [1.54, 1.807) is 30.6 Å². The van der Waals surface area contributed by atoms with Crippen LogP contribution < -0.4 is 4.72 Å². The molecule has 1 aliphatic heterocycles. The Kier molecular flexibility index (Phi) is 4.23. The van der Waals surface area contributed by atoms with Crippen molar-refractivity contribution in [3.05, 3.63) is 53.7 Å². The molecule has 3 heterocycles. The Morgan fingerprint density at radius 1 is 1.24 bits per heavy atom. The van der Waals surface area contributed by atoms with Crippen LogP contribution in [0, 0.1) is 5.92 Å². The number of hydrogen-bond donors (Lipinski definition) is 1. The van der Waals surface area contributed by atoms with Gasteiger partial charge in [-0.1, -0.05) is 11.6 Å². The second-order valence-electron chi connectivity index (χ2n) is 6.20. The summed E-state index contributed by atoms with van der Waals surface area (Å²) >= 11 is 6.13. The average molecular weight is 377 g/mol. The predicted molar refractivity (Wildman–Crippen MR) is 96.0 cm³/mol. The highest BCUT2D eigenvalue weighted by atomic mass is 35.5. The van der Waals surface area contributed by atoms with Crippen molar-refractivity contribution in [3.63, 3.8) is 0 Å². The van der Waals surface area contributed by atoms with Gasteiger partial charge in [0, 0.05) is 43.5 Å². The van der Waals surface area contributed by atoms with Crippen molar-refractivity contribution in [2.45, 2.75) is 24.3 Å². The normalized spacial score (nSPS) is 17.6. The largest absolute Gasteiger partial charge is 0.335 e. The Balaban J connectivity index is 1.56. The van der Waals surface area contributed by atoms with E-state index >= 15 is 0 Å². The summed E-state index contributed by atoms with van der Waals surface area (Å²) in [6.45, 7) is 1.17. The number of aryl methyl sites for hydroxylation is 1. The third-order valence-electron chi connectivity index (χ3n) is 4.56. The van der Waals surface area contributed by atoms with E-state index in [2.05, 4.69) is 19.3 Å². The molecule has 8 heteroatoms. The molecular formula is C17H17ClN4O2S. The molecule has 6 nitrogen and oxygen atoms in total. The van der Waals surface area contributed by atoms with Crippen LogP contribution >= 0.6 is 11.6 Å². The van der Waals surface area contributed by atoms with Crippen molar-refractivity contribution in [1.29, 1.82) is 0 Å². The lowest BCUT2D eigenvalue weighted by atomic mass is 10.00. The fourth-order valence-corrected chi connectivity index (χ4v) is 4.78. The van der Waals surface area contributed by atoms with Gasteiger partial charge in [0.05, 0.1) is 15.4 Å². The number of fused-ring (bicyclic) bond motifs is 2. The van der Waals surface area contributed by atoms with Crippen molar-refractivity contribution in [3.8, 4) is 0 Å². The van der Waals surface area contributed by atoms with Crippen LogP contribution in [0.1, 0.15) is 12.2 Å². The van der Waals surface area contributed by atoms with Gasteiger partial charge in [0.15, 0.2) is 0 Å². The van der Waals surface area contributed by atoms with E-state index in [1.165, 1.54) is 6.07 Å². The van der Waals surface area contributed by atoms with Gasteiger partial charge in [0.25, 0.3) is 0 Å². The quantitative estimate of drug-likeness (QED) is 0.759. The van der Waals surface area contributed by atoms with Gasteiger partial charge in [-0.2, -0.15) is 0 Å². The summed E-state index contributed by atoms with van der Waals surface area (Å²) in [5.41, 5.74) is 0.493. The SMILES string of the molecule is O=S(=O)(NC[C@@H]1CCc2nccn2C1)c1ccc(Cl)c2ncccc12. The second-order valence-corrected chi connectivity index (χ2v) is 8.34. The van der Waals surface area contributed by atoms with Crippen molar-refractivity contribution in [1.82, 2.24) is 19.3 Å². The third kappa shape index (κ3) is 3.15. The molecule has 2 aromatic heterocycles. The van der Waals surface area contributed by atoms with Crippen LogP contribution in [0.25, 0.3) is 10.9 Å². The highest BCUT2D eigenvalue weighted by Crippen LogP contribution is 2.27. The van der Waals surface area contributed by atoms with Crippen molar-refractivity contribution >= 4 is 32.5 Å². The van der Waals surface area contributed by atoms with Crippen molar-refractivity contribution in [2.75, 3.05) is 6.54 Å². The highest BCUT2D eigenvalue weighted by Gasteiger charge is 2.23. The van der Waals surface area contributed by atoms with Crippen LogP contribution in [0.5, 0.6) is 0 Å². The predicted octanol–water partition coefficient (Wildman–Crippen LogP) is 2.63. The molecule has 0 aliphatic carbocycles. The number of pyridine rings is 1. The fourth-order valence-electron chi connectivity index (χ4n) is 3.26. The zero-order valence-corrected chi connectivity index (χ0v) is 15.0. The Hall–Kier alpha value is -1.96. The monoisotopic (exact) mass is 376 g/mol. The summed E-state index contributed by atoms with van der Waals surface area (Å²) in [7, 11) is -3.64. The summed E-state index contributed by atoms with van der Waals surface area (Å²) in [6, 6.07) is 6.54. The number of aromatic nitrogens is 3. The highest BCUT2D eigenvalue weighted by molar-refractivity contribution is 7.89. The van der Waals surface area contributed by atoms with Crippen molar-refractivity contribution < 1.29 is 8.42 Å². The number of rotatable bonds is 4. The smallest absolute Gasteiger partial charge is 0.241 e. The van der Waals surface area contributed by atoms with E-state index in [1.807, 2.05) is 6.20 Å². The summed E-state index contributed by atoms with van der Waals surface area (Å²) in [5.74, 6) is 1.31. The van der Waals surface area contributed by atoms with Crippen LogP contribution in [-0.4, -0.2) is 29.5 Å². The molecule has 0 fully saturated rings. The van der Waals surface area contributed by atoms with Crippen LogP contribution in [-0.2, 0) is 23.0 Å². The lowest BCUT2D eigenvalue weighted by Crippen LogP contribution is -2.33. The van der Waals surface area contributed by atoms with E-state index in [0.717, 1.165) is 25.2 Å². The minimum atomic E-state index is -3.64. The van der Waals surface area contributed by atoms with Gasteiger partial charge < -0.3 is 4.57 Å². The Morgan fingerprint density at radius 3 is 3.00 bits per heavy atom. The standard InChI is InChI=1S/C17H17ClN4O2S/c18-14-4-5-15(13-2-1-7-20-17(13)14)25(23,24)21-10-12-3-6-16-19-8-9-22(16)11-12/h1-2,4-5,7-9,12,21H,3,6,10-11H2/t12-/m0/s1. The van der Waals surface area contributed by atoms with Gasteiger partial charge in [-0.3, -0.25) is 4.98 Å². The molecule has 4 rings (SSSR count). The van der Waals surface area contributed by atoms with Crippen LogP contribution in [0.2, 0.25) is 5.02 Å². The van der Waals surface area contributed by atoms with Gasteiger partial charge in [0.1, 0.15) is 5.82 Å². The molecule has 25 heavy (non-hydrogen) atoms. The summed E-state index contributed by atoms with van der Waals surface area (Å²) in [4.78, 5) is 8.69. The first-order valence-corrected chi connectivity index (χ1v) is 9.93. The third-order valence-corrected chi connectivity index (χ3v) is 6.35. The molecule has 0 spiro atoms. The minimum absolute atomic E-state index is 0.208. The number of sulfonamides is 1. The number of benzene rings is 1. The van der Waals surface area contributed by atoms with Crippen LogP contribution in [0.15, 0.2) is 47.8 Å². The molecule has 0 radical (unpaired) electrons. The molecule has 0 amide bonds. The maximum Gasteiger partial charge on any atom is 0.241 e. The summed E-state index contributed by atoms with van der Waals surface area (Å²) in [6.07, 6.45) is 7.11. The topological polar surface area (TPSA) is 76.9 Å². The molecule has 1 aliphatic rings. The van der Waals surface area contributed by atoms with Gasteiger partial charge in [-0.25, -0.2) is 18.1 Å². The zero-order valence-electron chi connectivity index (χ0n) is 13.4. The lowest BCUT2D eigenvalue weighted by Gasteiger charge is -2.24. The lowest BCUT2D eigenvalue weighted by molar-refractivity contribution is 0.363. The second kappa shape index (κ2) is 6.40. The number of hydrogen-bond acceptors (Lipinski definition) is 4. The number of halogens is 1. The van der Waals surface area contributed by atoms with E-state index in [9.17, 15) is 8.42 Å². The van der Waals surface area contributed by atoms with Gasteiger partial charge in [-0.15, -0.1) is 0 Å². The molecule has 1 atom stereocenters. The fraction of sp³-hybridized carbons (Fsp3) is 0.294. The first-order chi connectivity index (χ1) is 12.0. The molecule has 130 valence electrons. The number of nitrogens with zero attached hydrogens (tertiary/aromatic N) is 3. The van der Waals surface area contributed by atoms with E-state index in [-0.39, 0.29) is 10.8 Å². The molecule has 1 N–H and O–H groups in total. The molecule has 0 saturated heterocycles. The summed E-state index contributed by atoms with van der Waals surface area (Å²) < 4.78 is 30.4. The molecule has 0 bridgehead atoms. The van der Waals surface area contributed by atoms with Gasteiger partial charge in [0.2, 0.25) is 10.0 Å². The number of imidazole rings is 1. The maximum absolute atomic E-state index is 12.8. The number of nitrogens with one attached hydrogen (secondary N) is 1. The van der Waals surface area contributed by atoms with Gasteiger partial charge >= 0.3 is 0 Å². The van der Waals surface area contributed by atoms with Gasteiger partial charge in [-0.05, 0) is 36.6 Å². The molecule has 1 aromatic carbocycles. The summed E-state index contributed by atoms with van der Waals surface area (Å²) in [5, 5.41) is 0.970. The Morgan fingerprint density at radius 2 is 2.12 bits per heavy atom.